The van der Waals surface area contributed by atoms with E-state index in [1.807, 2.05) is 6.07 Å². The van der Waals surface area contributed by atoms with Crippen LogP contribution in [0.15, 0.2) is 23.1 Å². The Morgan fingerprint density at radius 1 is 1.32 bits per heavy atom. The topological polar surface area (TPSA) is 76.4 Å². The van der Waals surface area contributed by atoms with Crippen LogP contribution < -0.4 is 9.47 Å². The number of hydrogen-bond donors (Lipinski definition) is 0. The second-order valence-electron chi connectivity index (χ2n) is 4.47. The molecule has 0 amide bonds. The Kier molecular flexibility index (Phi) is 3.96. The maximum absolute atomic E-state index is 12.1. The molecule has 1 heterocycles. The van der Waals surface area contributed by atoms with Crippen LogP contribution in [-0.2, 0) is 9.84 Å². The van der Waals surface area contributed by atoms with E-state index in [4.69, 9.17) is 14.7 Å². The smallest absolute Gasteiger partial charge is 0.179 e. The van der Waals surface area contributed by atoms with Crippen LogP contribution in [0.25, 0.3) is 0 Å². The van der Waals surface area contributed by atoms with Crippen molar-refractivity contribution in [2.24, 2.45) is 5.92 Å². The van der Waals surface area contributed by atoms with Crippen LogP contribution in [0.5, 0.6) is 11.5 Å². The summed E-state index contributed by atoms with van der Waals surface area (Å²) >= 11 is 0. The highest BCUT2D eigenvalue weighted by Gasteiger charge is 2.21. The molecule has 6 heteroatoms. The summed E-state index contributed by atoms with van der Waals surface area (Å²) in [6.07, 6.45) is 0.766. The summed E-state index contributed by atoms with van der Waals surface area (Å²) in [6.45, 7) is 2.65. The van der Waals surface area contributed by atoms with E-state index in [9.17, 15) is 8.42 Å². The minimum atomic E-state index is -3.48. The van der Waals surface area contributed by atoms with Gasteiger partial charge in [0.1, 0.15) is 0 Å². The average Bonchev–Trinajstić information content (AvgIpc) is 2.62. The van der Waals surface area contributed by atoms with Gasteiger partial charge in [-0.15, -0.1) is 0 Å². The molecule has 19 heavy (non-hydrogen) atoms. The molecule has 2 rings (SSSR count). The Bertz CT molecular complexity index is 604. The predicted octanol–water partition coefficient (Wildman–Crippen LogP) is 1.78. The molecule has 0 spiro atoms. The summed E-state index contributed by atoms with van der Waals surface area (Å²) in [5, 5.41) is 8.72. The number of fused-ring (bicyclic) bond motifs is 1. The fraction of sp³-hybridized carbons (Fsp3) is 0.462. The number of rotatable bonds is 3. The van der Waals surface area contributed by atoms with Crippen molar-refractivity contribution in [3.05, 3.63) is 18.2 Å². The first-order valence-electron chi connectivity index (χ1n) is 6.05. The molecule has 0 saturated heterocycles. The second kappa shape index (κ2) is 5.49. The van der Waals surface area contributed by atoms with Gasteiger partial charge in [0, 0.05) is 12.5 Å². The zero-order valence-electron chi connectivity index (χ0n) is 10.6. The molecule has 1 atom stereocenters. The molecular formula is C13H15NO4S. The lowest BCUT2D eigenvalue weighted by molar-refractivity contribution is 0.297. The van der Waals surface area contributed by atoms with E-state index in [2.05, 4.69) is 0 Å². The largest absolute Gasteiger partial charge is 0.490 e. The molecule has 0 aromatic heterocycles. The van der Waals surface area contributed by atoms with E-state index < -0.39 is 15.8 Å². The van der Waals surface area contributed by atoms with Crippen molar-refractivity contribution < 1.29 is 17.9 Å². The Labute approximate surface area is 112 Å². The zero-order valence-corrected chi connectivity index (χ0v) is 11.4. The zero-order chi connectivity index (χ0) is 13.9. The molecule has 1 aliphatic heterocycles. The minimum absolute atomic E-state index is 0.166. The highest BCUT2D eigenvalue weighted by Crippen LogP contribution is 2.32. The normalized spacial score (nSPS) is 16.2. The fourth-order valence-corrected chi connectivity index (χ4v) is 3.29. The van der Waals surface area contributed by atoms with Crippen LogP contribution in [0.2, 0.25) is 0 Å². The minimum Gasteiger partial charge on any atom is -0.490 e. The first kappa shape index (κ1) is 13.7. The third-order valence-corrected chi connectivity index (χ3v) is 4.68. The van der Waals surface area contributed by atoms with Gasteiger partial charge in [-0.25, -0.2) is 8.42 Å². The Morgan fingerprint density at radius 2 is 2.00 bits per heavy atom. The standard InChI is InChI=1S/C13H15NO4S/c1-10(8-14)9-19(15,16)11-3-4-12-13(7-11)18-6-2-5-17-12/h3-4,7,10H,2,5-6,9H2,1H3. The van der Waals surface area contributed by atoms with Gasteiger partial charge in [0.2, 0.25) is 0 Å². The van der Waals surface area contributed by atoms with E-state index >= 15 is 0 Å². The Hall–Kier alpha value is -1.74. The maximum Gasteiger partial charge on any atom is 0.179 e. The van der Waals surface area contributed by atoms with Crippen molar-refractivity contribution >= 4 is 9.84 Å². The van der Waals surface area contributed by atoms with E-state index in [0.717, 1.165) is 6.42 Å². The Morgan fingerprint density at radius 3 is 2.68 bits per heavy atom. The van der Waals surface area contributed by atoms with Crippen LogP contribution in [0.3, 0.4) is 0 Å². The van der Waals surface area contributed by atoms with Gasteiger partial charge < -0.3 is 9.47 Å². The summed E-state index contributed by atoms with van der Waals surface area (Å²) in [4.78, 5) is 0.166. The summed E-state index contributed by atoms with van der Waals surface area (Å²) in [6, 6.07) is 6.50. The van der Waals surface area contributed by atoms with Crippen molar-refractivity contribution in [3.8, 4) is 17.6 Å². The van der Waals surface area contributed by atoms with Crippen LogP contribution in [-0.4, -0.2) is 27.4 Å². The van der Waals surface area contributed by atoms with Gasteiger partial charge in [-0.05, 0) is 19.1 Å². The van der Waals surface area contributed by atoms with Crippen LogP contribution >= 0.6 is 0 Å². The van der Waals surface area contributed by atoms with Gasteiger partial charge in [0.05, 0.1) is 35.8 Å². The molecule has 0 saturated carbocycles. The third kappa shape index (κ3) is 3.18. The molecule has 0 aliphatic carbocycles. The highest BCUT2D eigenvalue weighted by atomic mass is 32.2. The van der Waals surface area contributed by atoms with Crippen LogP contribution in [0.4, 0.5) is 0 Å². The molecule has 1 aliphatic rings. The van der Waals surface area contributed by atoms with Gasteiger partial charge in [0.25, 0.3) is 0 Å². The number of benzene rings is 1. The number of sulfone groups is 1. The molecule has 102 valence electrons. The van der Waals surface area contributed by atoms with Crippen molar-refractivity contribution in [1.82, 2.24) is 0 Å². The van der Waals surface area contributed by atoms with Crippen LogP contribution in [0.1, 0.15) is 13.3 Å². The summed E-state index contributed by atoms with van der Waals surface area (Å²) in [7, 11) is -3.48. The molecule has 0 bridgehead atoms. The van der Waals surface area contributed by atoms with E-state index in [0.29, 0.717) is 24.7 Å². The van der Waals surface area contributed by atoms with Gasteiger partial charge in [0.15, 0.2) is 21.3 Å². The predicted molar refractivity (Wildman–Crippen MR) is 68.9 cm³/mol. The summed E-state index contributed by atoms with van der Waals surface area (Å²) in [5.74, 6) is 0.275. The molecule has 1 unspecified atom stereocenters. The lowest BCUT2D eigenvalue weighted by Gasteiger charge is -2.10. The lowest BCUT2D eigenvalue weighted by atomic mass is 10.3. The number of nitriles is 1. The Balaban J connectivity index is 2.31. The van der Waals surface area contributed by atoms with Crippen molar-refractivity contribution in [2.45, 2.75) is 18.2 Å². The van der Waals surface area contributed by atoms with Crippen molar-refractivity contribution in [1.29, 1.82) is 5.26 Å². The average molecular weight is 281 g/mol. The van der Waals surface area contributed by atoms with Gasteiger partial charge >= 0.3 is 0 Å². The van der Waals surface area contributed by atoms with E-state index in [1.165, 1.54) is 12.1 Å². The van der Waals surface area contributed by atoms with Crippen LogP contribution in [0, 0.1) is 17.2 Å². The molecule has 1 aromatic carbocycles. The third-order valence-electron chi connectivity index (χ3n) is 2.77. The number of ether oxygens (including phenoxy) is 2. The van der Waals surface area contributed by atoms with Gasteiger partial charge in [-0.1, -0.05) is 0 Å². The lowest BCUT2D eigenvalue weighted by Crippen LogP contribution is -2.13. The first-order chi connectivity index (χ1) is 9.03. The number of nitrogens with zero attached hydrogens (tertiary/aromatic N) is 1. The monoisotopic (exact) mass is 281 g/mol. The molecule has 5 nitrogen and oxygen atoms in total. The summed E-state index contributed by atoms with van der Waals surface area (Å²) < 4.78 is 35.2. The fourth-order valence-electron chi connectivity index (χ4n) is 1.80. The van der Waals surface area contributed by atoms with E-state index in [1.54, 1.807) is 13.0 Å². The molecule has 0 fully saturated rings. The quantitative estimate of drug-likeness (QED) is 0.844. The summed E-state index contributed by atoms with van der Waals surface area (Å²) in [5.41, 5.74) is 0. The number of hydrogen-bond acceptors (Lipinski definition) is 5. The van der Waals surface area contributed by atoms with Gasteiger partial charge in [-0.3, -0.25) is 0 Å². The molecule has 0 N–H and O–H groups in total. The maximum atomic E-state index is 12.1. The molecule has 1 aromatic rings. The molecular weight excluding hydrogens is 266 g/mol. The first-order valence-corrected chi connectivity index (χ1v) is 7.70. The SMILES string of the molecule is CC(C#N)CS(=O)(=O)c1ccc2c(c1)OCCCO2. The van der Waals surface area contributed by atoms with E-state index in [-0.39, 0.29) is 10.6 Å². The van der Waals surface area contributed by atoms with Gasteiger partial charge in [-0.2, -0.15) is 5.26 Å². The highest BCUT2D eigenvalue weighted by molar-refractivity contribution is 7.91. The van der Waals surface area contributed by atoms with Crippen molar-refractivity contribution in [3.63, 3.8) is 0 Å². The molecule has 0 radical (unpaired) electrons. The van der Waals surface area contributed by atoms with Crippen molar-refractivity contribution in [2.75, 3.05) is 19.0 Å². The second-order valence-corrected chi connectivity index (χ2v) is 6.50.